The summed E-state index contributed by atoms with van der Waals surface area (Å²) in [4.78, 5) is 4.48. The van der Waals surface area contributed by atoms with E-state index in [1.165, 1.54) is 13.3 Å². The quantitative estimate of drug-likeness (QED) is 0.338. The highest BCUT2D eigenvalue weighted by Gasteiger charge is 1.91. The number of nitrogens with zero attached hydrogens (tertiary/aromatic N) is 1. The van der Waals surface area contributed by atoms with Crippen LogP contribution in [0.3, 0.4) is 0 Å². The van der Waals surface area contributed by atoms with Crippen molar-refractivity contribution < 1.29 is 14.3 Å². The summed E-state index contributed by atoms with van der Waals surface area (Å²) >= 11 is 0. The van der Waals surface area contributed by atoms with Gasteiger partial charge in [0.25, 0.3) is 0 Å². The van der Waals surface area contributed by atoms with Gasteiger partial charge in [-0.25, -0.2) is 0 Å². The minimum Gasteiger partial charge on any atom is -0.504 e. The number of oxime groups is 1. The summed E-state index contributed by atoms with van der Waals surface area (Å²) < 4.78 is 9.62. The molecule has 11 heavy (non-hydrogen) atoms. The SMILES string of the molecule is COC=C(C=NOC)COC. The third kappa shape index (κ3) is 5.42. The first kappa shape index (κ1) is 9.97. The van der Waals surface area contributed by atoms with E-state index in [1.807, 2.05) is 0 Å². The van der Waals surface area contributed by atoms with Gasteiger partial charge in [-0.3, -0.25) is 0 Å². The first-order chi connectivity index (χ1) is 5.35. The Balaban J connectivity index is 3.88. The van der Waals surface area contributed by atoms with Gasteiger partial charge in [0.15, 0.2) is 0 Å². The van der Waals surface area contributed by atoms with E-state index in [4.69, 9.17) is 9.47 Å². The zero-order chi connectivity index (χ0) is 8.53. The molecule has 0 aromatic rings. The van der Waals surface area contributed by atoms with Crippen molar-refractivity contribution in [1.82, 2.24) is 0 Å². The van der Waals surface area contributed by atoms with Crippen molar-refractivity contribution in [3.63, 3.8) is 0 Å². The van der Waals surface area contributed by atoms with Crippen LogP contribution in [-0.4, -0.2) is 34.2 Å². The molecule has 0 saturated carbocycles. The molecule has 0 saturated heterocycles. The average molecular weight is 159 g/mol. The summed E-state index contributed by atoms with van der Waals surface area (Å²) in [6.07, 6.45) is 3.08. The predicted octanol–water partition coefficient (Wildman–Crippen LogP) is 0.795. The molecule has 64 valence electrons. The van der Waals surface area contributed by atoms with Crippen molar-refractivity contribution in [1.29, 1.82) is 0 Å². The summed E-state index contributed by atoms with van der Waals surface area (Å²) in [5.74, 6) is 0. The van der Waals surface area contributed by atoms with E-state index in [2.05, 4.69) is 9.99 Å². The Labute approximate surface area is 66.4 Å². The van der Waals surface area contributed by atoms with Crippen LogP contribution in [0.1, 0.15) is 0 Å². The lowest BCUT2D eigenvalue weighted by Crippen LogP contribution is -1.96. The normalized spacial score (nSPS) is 12.1. The first-order valence-corrected chi connectivity index (χ1v) is 3.12. The molecule has 0 radical (unpaired) electrons. The van der Waals surface area contributed by atoms with E-state index in [9.17, 15) is 0 Å². The van der Waals surface area contributed by atoms with Gasteiger partial charge in [-0.2, -0.15) is 0 Å². The Bertz CT molecular complexity index is 143. The summed E-state index contributed by atoms with van der Waals surface area (Å²) in [5.41, 5.74) is 0.817. The van der Waals surface area contributed by atoms with Gasteiger partial charge >= 0.3 is 0 Å². The predicted molar refractivity (Wildman–Crippen MR) is 42.5 cm³/mol. The molecule has 0 aliphatic rings. The molecule has 0 atom stereocenters. The number of rotatable bonds is 5. The van der Waals surface area contributed by atoms with Gasteiger partial charge in [-0.15, -0.1) is 0 Å². The molecule has 4 nitrogen and oxygen atoms in total. The van der Waals surface area contributed by atoms with E-state index >= 15 is 0 Å². The van der Waals surface area contributed by atoms with Gasteiger partial charge in [0, 0.05) is 12.7 Å². The van der Waals surface area contributed by atoms with Crippen molar-refractivity contribution in [2.24, 2.45) is 5.16 Å². The average Bonchev–Trinajstić information content (AvgIpc) is 2.01. The Hall–Kier alpha value is -1.03. The standard InChI is InChI=1S/C7H13NO3/c1-9-5-7(6-10-2)4-8-11-3/h4-5H,6H2,1-3H3. The third-order valence-electron chi connectivity index (χ3n) is 0.904. The molecule has 4 heteroatoms. The summed E-state index contributed by atoms with van der Waals surface area (Å²) in [5, 5.41) is 3.56. The van der Waals surface area contributed by atoms with Crippen LogP contribution in [0, 0.1) is 0 Å². The van der Waals surface area contributed by atoms with Crippen molar-refractivity contribution in [3.05, 3.63) is 11.8 Å². The lowest BCUT2D eigenvalue weighted by Gasteiger charge is -1.97. The van der Waals surface area contributed by atoms with Crippen LogP contribution in [-0.2, 0) is 14.3 Å². The first-order valence-electron chi connectivity index (χ1n) is 3.12. The second-order valence-electron chi connectivity index (χ2n) is 1.78. The largest absolute Gasteiger partial charge is 0.504 e. The smallest absolute Gasteiger partial charge is 0.106 e. The van der Waals surface area contributed by atoms with Crippen molar-refractivity contribution in [2.45, 2.75) is 0 Å². The Kier molecular flexibility index (Phi) is 6.42. The molecule has 0 bridgehead atoms. The van der Waals surface area contributed by atoms with Crippen molar-refractivity contribution in [3.8, 4) is 0 Å². The summed E-state index contributed by atoms with van der Waals surface area (Å²) in [6.45, 7) is 0.459. The van der Waals surface area contributed by atoms with E-state index in [-0.39, 0.29) is 0 Å². The molecule has 0 aliphatic heterocycles. The molecule has 0 aromatic heterocycles. The van der Waals surface area contributed by atoms with Crippen LogP contribution in [0.4, 0.5) is 0 Å². The third-order valence-corrected chi connectivity index (χ3v) is 0.904. The maximum Gasteiger partial charge on any atom is 0.106 e. The molecule has 0 heterocycles. The van der Waals surface area contributed by atoms with Crippen molar-refractivity contribution in [2.75, 3.05) is 27.9 Å². The molecule has 0 spiro atoms. The van der Waals surface area contributed by atoms with Gasteiger partial charge in [0.2, 0.25) is 0 Å². The number of methoxy groups -OCH3 is 2. The highest BCUT2D eigenvalue weighted by molar-refractivity contribution is 5.77. The van der Waals surface area contributed by atoms with Gasteiger partial charge in [0.05, 0.1) is 26.2 Å². The molecule has 0 fully saturated rings. The monoisotopic (exact) mass is 159 g/mol. The molecule has 0 aliphatic carbocycles. The fourth-order valence-electron chi connectivity index (χ4n) is 0.540. The lowest BCUT2D eigenvalue weighted by molar-refractivity contribution is 0.210. The molecule has 0 amide bonds. The second kappa shape index (κ2) is 7.08. The molecular formula is C7H13NO3. The van der Waals surface area contributed by atoms with Crippen LogP contribution >= 0.6 is 0 Å². The fraction of sp³-hybridized carbons (Fsp3) is 0.571. The van der Waals surface area contributed by atoms with E-state index in [0.717, 1.165) is 5.57 Å². The Morgan fingerprint density at radius 1 is 1.36 bits per heavy atom. The molecular weight excluding hydrogens is 146 g/mol. The van der Waals surface area contributed by atoms with E-state index in [0.29, 0.717) is 6.61 Å². The number of hydrogen-bond donors (Lipinski definition) is 0. The topological polar surface area (TPSA) is 40.0 Å². The minimum atomic E-state index is 0.459. The van der Waals surface area contributed by atoms with Crippen LogP contribution in [0.25, 0.3) is 0 Å². The van der Waals surface area contributed by atoms with Crippen LogP contribution in [0.5, 0.6) is 0 Å². The Morgan fingerprint density at radius 3 is 2.55 bits per heavy atom. The van der Waals surface area contributed by atoms with Gasteiger partial charge in [0.1, 0.15) is 7.11 Å². The fourth-order valence-corrected chi connectivity index (χ4v) is 0.540. The molecule has 0 N–H and O–H groups in total. The summed E-state index contributed by atoms with van der Waals surface area (Å²) in [7, 11) is 4.65. The zero-order valence-corrected chi connectivity index (χ0v) is 7.03. The highest BCUT2D eigenvalue weighted by Crippen LogP contribution is 1.91. The van der Waals surface area contributed by atoms with Gasteiger partial charge in [-0.1, -0.05) is 5.16 Å². The number of hydrogen-bond acceptors (Lipinski definition) is 4. The minimum absolute atomic E-state index is 0.459. The van der Waals surface area contributed by atoms with Crippen LogP contribution in [0.2, 0.25) is 0 Å². The maximum absolute atomic E-state index is 4.86. The van der Waals surface area contributed by atoms with Crippen molar-refractivity contribution >= 4 is 6.21 Å². The van der Waals surface area contributed by atoms with E-state index in [1.54, 1.807) is 20.5 Å². The second-order valence-corrected chi connectivity index (χ2v) is 1.78. The lowest BCUT2D eigenvalue weighted by atomic mass is 10.3. The van der Waals surface area contributed by atoms with Gasteiger partial charge < -0.3 is 14.3 Å². The highest BCUT2D eigenvalue weighted by atomic mass is 16.6. The summed E-state index contributed by atoms with van der Waals surface area (Å²) in [6, 6.07) is 0. The Morgan fingerprint density at radius 2 is 2.09 bits per heavy atom. The zero-order valence-electron chi connectivity index (χ0n) is 7.03. The molecule has 0 aromatic carbocycles. The van der Waals surface area contributed by atoms with E-state index < -0.39 is 0 Å². The molecule has 0 rings (SSSR count). The number of ether oxygens (including phenoxy) is 2. The molecule has 0 unspecified atom stereocenters. The van der Waals surface area contributed by atoms with Crippen LogP contribution in [0.15, 0.2) is 17.0 Å². The van der Waals surface area contributed by atoms with Crippen LogP contribution < -0.4 is 0 Å². The maximum atomic E-state index is 4.86. The van der Waals surface area contributed by atoms with Gasteiger partial charge in [-0.05, 0) is 0 Å².